The molecular formula is C19H23N5O2. The number of aromatic nitrogens is 2. The first-order valence-corrected chi connectivity index (χ1v) is 9.17. The Bertz CT molecular complexity index is 834. The zero-order valence-corrected chi connectivity index (χ0v) is 14.7. The molecule has 0 bridgehead atoms. The highest BCUT2D eigenvalue weighted by atomic mass is 16.2. The third-order valence-electron chi connectivity index (χ3n) is 5.53. The number of carbonyl (C=O) groups is 2. The largest absolute Gasteiger partial charge is 0.338 e. The van der Waals surface area contributed by atoms with E-state index in [-0.39, 0.29) is 17.9 Å². The van der Waals surface area contributed by atoms with Crippen molar-refractivity contribution in [2.75, 3.05) is 26.2 Å². The molecule has 7 heteroatoms. The van der Waals surface area contributed by atoms with E-state index >= 15 is 0 Å². The van der Waals surface area contributed by atoms with Crippen LogP contribution in [-0.4, -0.2) is 63.8 Å². The van der Waals surface area contributed by atoms with Crippen molar-refractivity contribution in [3.63, 3.8) is 0 Å². The molecule has 1 aromatic heterocycles. The van der Waals surface area contributed by atoms with E-state index in [4.69, 9.17) is 5.73 Å². The average molecular weight is 353 g/mol. The number of amides is 2. The second-order valence-corrected chi connectivity index (χ2v) is 7.01. The summed E-state index contributed by atoms with van der Waals surface area (Å²) in [5.41, 5.74) is 7.65. The second kappa shape index (κ2) is 6.99. The van der Waals surface area contributed by atoms with Gasteiger partial charge in [-0.1, -0.05) is 6.07 Å². The lowest BCUT2D eigenvalue weighted by molar-refractivity contribution is -0.140. The first-order chi connectivity index (χ1) is 12.7. The van der Waals surface area contributed by atoms with Gasteiger partial charge in [0.05, 0.1) is 11.1 Å². The smallest absolute Gasteiger partial charge is 0.256 e. The number of benzene rings is 1. The number of fused-ring (bicyclic) bond motifs is 2. The van der Waals surface area contributed by atoms with Gasteiger partial charge in [-0.2, -0.15) is 0 Å². The lowest BCUT2D eigenvalue weighted by atomic mass is 9.83. The lowest BCUT2D eigenvalue weighted by Gasteiger charge is -2.47. The highest BCUT2D eigenvalue weighted by molar-refractivity contribution is 6.04. The fourth-order valence-electron chi connectivity index (χ4n) is 4.30. The second-order valence-electron chi connectivity index (χ2n) is 7.01. The molecule has 2 atom stereocenters. The minimum absolute atomic E-state index is 0.00294. The monoisotopic (exact) mass is 353 g/mol. The van der Waals surface area contributed by atoms with Crippen molar-refractivity contribution in [1.82, 2.24) is 19.8 Å². The molecule has 7 nitrogen and oxygen atoms in total. The molecule has 2 amide bonds. The number of piperidine rings is 2. The molecule has 2 aliphatic heterocycles. The number of carbonyl (C=O) groups excluding carboxylic acids is 2. The molecule has 26 heavy (non-hydrogen) atoms. The maximum atomic E-state index is 13.1. The number of likely N-dealkylation sites (tertiary alicyclic amines) is 2. The van der Waals surface area contributed by atoms with Gasteiger partial charge in [-0.3, -0.25) is 19.6 Å². The fraction of sp³-hybridized carbons (Fsp3) is 0.474. The van der Waals surface area contributed by atoms with Crippen LogP contribution in [0.1, 0.15) is 29.6 Å². The Balaban J connectivity index is 1.55. The van der Waals surface area contributed by atoms with Crippen LogP contribution in [-0.2, 0) is 4.79 Å². The molecule has 2 aromatic rings. The minimum atomic E-state index is -0.00294. The van der Waals surface area contributed by atoms with Gasteiger partial charge in [0, 0.05) is 51.0 Å². The van der Waals surface area contributed by atoms with Crippen molar-refractivity contribution >= 4 is 22.8 Å². The van der Waals surface area contributed by atoms with Gasteiger partial charge >= 0.3 is 0 Å². The predicted octanol–water partition coefficient (Wildman–Crippen LogP) is 1.04. The van der Waals surface area contributed by atoms with Crippen LogP contribution in [0.5, 0.6) is 0 Å². The molecule has 0 saturated carbocycles. The number of nitrogens with two attached hydrogens (primary N) is 1. The zero-order valence-electron chi connectivity index (χ0n) is 14.7. The summed E-state index contributed by atoms with van der Waals surface area (Å²) in [4.78, 5) is 37.8. The number of nitrogens with zero attached hydrogens (tertiary/aromatic N) is 4. The molecule has 4 rings (SSSR count). The molecule has 1 aromatic carbocycles. The third kappa shape index (κ3) is 2.92. The summed E-state index contributed by atoms with van der Waals surface area (Å²) >= 11 is 0. The molecule has 0 aliphatic carbocycles. The molecule has 136 valence electrons. The number of hydrogen-bond donors (Lipinski definition) is 1. The maximum absolute atomic E-state index is 13.1. The minimum Gasteiger partial charge on any atom is -0.338 e. The Labute approximate surface area is 152 Å². The van der Waals surface area contributed by atoms with E-state index in [0.717, 1.165) is 18.4 Å². The molecule has 2 saturated heterocycles. The molecule has 0 radical (unpaired) electrons. The van der Waals surface area contributed by atoms with Gasteiger partial charge < -0.3 is 15.5 Å². The van der Waals surface area contributed by atoms with E-state index in [1.54, 1.807) is 12.4 Å². The van der Waals surface area contributed by atoms with E-state index in [0.29, 0.717) is 49.6 Å². The average Bonchev–Trinajstić information content (AvgIpc) is 2.69. The van der Waals surface area contributed by atoms with E-state index in [1.165, 1.54) is 0 Å². The van der Waals surface area contributed by atoms with Crippen molar-refractivity contribution in [2.45, 2.75) is 25.3 Å². The fourth-order valence-corrected chi connectivity index (χ4v) is 4.30. The summed E-state index contributed by atoms with van der Waals surface area (Å²) in [6.07, 6.45) is 5.43. The van der Waals surface area contributed by atoms with E-state index in [1.807, 2.05) is 28.0 Å². The Morgan fingerprint density at radius 1 is 1.23 bits per heavy atom. The third-order valence-corrected chi connectivity index (χ3v) is 5.53. The normalized spacial score (nSPS) is 23.2. The van der Waals surface area contributed by atoms with Crippen molar-refractivity contribution in [1.29, 1.82) is 0 Å². The summed E-state index contributed by atoms with van der Waals surface area (Å²) in [7, 11) is 0. The Kier molecular flexibility index (Phi) is 4.55. The van der Waals surface area contributed by atoms with Crippen molar-refractivity contribution < 1.29 is 9.59 Å². The summed E-state index contributed by atoms with van der Waals surface area (Å²) in [6, 6.07) is 5.73. The summed E-state index contributed by atoms with van der Waals surface area (Å²) < 4.78 is 0. The van der Waals surface area contributed by atoms with Crippen LogP contribution >= 0.6 is 0 Å². The van der Waals surface area contributed by atoms with Crippen LogP contribution in [0.2, 0.25) is 0 Å². The Morgan fingerprint density at radius 3 is 2.92 bits per heavy atom. The molecule has 0 spiro atoms. The first kappa shape index (κ1) is 16.9. The van der Waals surface area contributed by atoms with E-state index < -0.39 is 0 Å². The standard InChI is InChI=1S/C19H23N5O2/c20-7-11-24-16-6-10-23(12-13(16)4-5-17(24)25)19(26)14-2-1-3-15-18(14)22-9-8-21-15/h1-3,8-9,13,16H,4-7,10-12,20H2/t13-,16+/m0/s1. The summed E-state index contributed by atoms with van der Waals surface area (Å²) in [5, 5.41) is 0. The van der Waals surface area contributed by atoms with Crippen LogP contribution < -0.4 is 5.73 Å². The molecule has 2 fully saturated rings. The summed E-state index contributed by atoms with van der Waals surface area (Å²) in [6.45, 7) is 2.40. The van der Waals surface area contributed by atoms with Gasteiger partial charge in [0.2, 0.25) is 5.91 Å². The van der Waals surface area contributed by atoms with Gasteiger partial charge in [-0.25, -0.2) is 0 Å². The topological polar surface area (TPSA) is 92.4 Å². The summed E-state index contributed by atoms with van der Waals surface area (Å²) in [5.74, 6) is 0.510. The Morgan fingerprint density at radius 2 is 2.08 bits per heavy atom. The molecule has 2 aliphatic rings. The molecule has 3 heterocycles. The van der Waals surface area contributed by atoms with Crippen LogP contribution in [0, 0.1) is 5.92 Å². The first-order valence-electron chi connectivity index (χ1n) is 9.17. The van der Waals surface area contributed by atoms with Gasteiger partial charge in [-0.15, -0.1) is 0 Å². The van der Waals surface area contributed by atoms with E-state index in [9.17, 15) is 9.59 Å². The maximum Gasteiger partial charge on any atom is 0.256 e. The van der Waals surface area contributed by atoms with E-state index in [2.05, 4.69) is 9.97 Å². The van der Waals surface area contributed by atoms with Gasteiger partial charge in [0.25, 0.3) is 5.91 Å². The highest BCUT2D eigenvalue weighted by Gasteiger charge is 2.40. The molecule has 2 N–H and O–H groups in total. The number of rotatable bonds is 3. The SMILES string of the molecule is NCCN1C(=O)CC[C@H]2CN(C(=O)c3cccc4nccnc34)CC[C@H]21. The molecule has 0 unspecified atom stereocenters. The Hall–Kier alpha value is -2.54. The quantitative estimate of drug-likeness (QED) is 0.890. The van der Waals surface area contributed by atoms with Crippen molar-refractivity contribution in [2.24, 2.45) is 11.7 Å². The zero-order chi connectivity index (χ0) is 18.1. The highest BCUT2D eigenvalue weighted by Crippen LogP contribution is 2.32. The number of para-hydroxylation sites is 1. The van der Waals surface area contributed by atoms with Crippen LogP contribution in [0.25, 0.3) is 11.0 Å². The number of hydrogen-bond acceptors (Lipinski definition) is 5. The van der Waals surface area contributed by atoms with Crippen molar-refractivity contribution in [3.05, 3.63) is 36.2 Å². The van der Waals surface area contributed by atoms with Crippen LogP contribution in [0.4, 0.5) is 0 Å². The van der Waals surface area contributed by atoms with Crippen LogP contribution in [0.15, 0.2) is 30.6 Å². The van der Waals surface area contributed by atoms with Gasteiger partial charge in [-0.05, 0) is 30.9 Å². The predicted molar refractivity (Wildman–Crippen MR) is 97.3 cm³/mol. The lowest BCUT2D eigenvalue weighted by Crippen LogP contribution is -2.57. The van der Waals surface area contributed by atoms with Gasteiger partial charge in [0.15, 0.2) is 0 Å². The van der Waals surface area contributed by atoms with Crippen molar-refractivity contribution in [3.8, 4) is 0 Å². The van der Waals surface area contributed by atoms with Crippen LogP contribution in [0.3, 0.4) is 0 Å². The van der Waals surface area contributed by atoms with Gasteiger partial charge in [0.1, 0.15) is 5.52 Å². The molecular weight excluding hydrogens is 330 g/mol.